The van der Waals surface area contributed by atoms with Crippen LogP contribution in [0.2, 0.25) is 0 Å². The van der Waals surface area contributed by atoms with Gasteiger partial charge in [0.25, 0.3) is 0 Å². The molecule has 2 aromatic rings. The Balaban J connectivity index is 1.99. The minimum Gasteiger partial charge on any atom is -0.505 e. The van der Waals surface area contributed by atoms with Crippen molar-refractivity contribution in [2.75, 3.05) is 17.2 Å². The average molecular weight is 450 g/mol. The summed E-state index contributed by atoms with van der Waals surface area (Å²) in [6.07, 6.45) is -0.365. The van der Waals surface area contributed by atoms with Gasteiger partial charge >= 0.3 is 12.1 Å². The van der Waals surface area contributed by atoms with Gasteiger partial charge in [0, 0.05) is 11.4 Å². The first kappa shape index (κ1) is 25.0. The van der Waals surface area contributed by atoms with Crippen LogP contribution in [0.25, 0.3) is 4.85 Å². The molecule has 0 aliphatic rings. The molecule has 0 saturated heterocycles. The zero-order chi connectivity index (χ0) is 24.2. The summed E-state index contributed by atoms with van der Waals surface area (Å²) in [4.78, 5) is 27.9. The van der Waals surface area contributed by atoms with Crippen molar-refractivity contribution in [1.82, 2.24) is 5.32 Å². The molecule has 172 valence electrons. The van der Waals surface area contributed by atoms with Crippen molar-refractivity contribution in [3.8, 4) is 11.8 Å². The van der Waals surface area contributed by atoms with Crippen LogP contribution in [0.3, 0.4) is 0 Å². The van der Waals surface area contributed by atoms with E-state index in [0.29, 0.717) is 35.8 Å². The Morgan fingerprint density at radius 2 is 1.88 bits per heavy atom. The van der Waals surface area contributed by atoms with E-state index in [1.54, 1.807) is 43.3 Å². The van der Waals surface area contributed by atoms with Crippen LogP contribution in [0.4, 0.5) is 26.7 Å². The first-order valence-corrected chi connectivity index (χ1v) is 10.6. The minimum absolute atomic E-state index is 0.138. The Bertz CT molecular complexity index is 1060. The summed E-state index contributed by atoms with van der Waals surface area (Å²) in [6.45, 7) is 13.0. The quantitative estimate of drug-likeness (QED) is 0.421. The summed E-state index contributed by atoms with van der Waals surface area (Å²) < 4.78 is 10.7. The summed E-state index contributed by atoms with van der Waals surface area (Å²) in [5, 5.41) is 17.0. The van der Waals surface area contributed by atoms with Crippen LogP contribution in [0.5, 0.6) is 5.75 Å². The van der Waals surface area contributed by atoms with Crippen molar-refractivity contribution in [3.63, 3.8) is 0 Å². The van der Waals surface area contributed by atoms with Crippen molar-refractivity contribution >= 4 is 29.2 Å². The summed E-state index contributed by atoms with van der Waals surface area (Å²) >= 11 is 0. The predicted octanol–water partition coefficient (Wildman–Crippen LogP) is 5.76. The number of amides is 3. The van der Waals surface area contributed by atoms with Gasteiger partial charge in [0.15, 0.2) is 0 Å². The normalized spacial score (nSPS) is 11.8. The number of hydrogen-bond acceptors (Lipinski definition) is 5. The molecule has 0 bridgehead atoms. The smallest absolute Gasteiger partial charge is 0.407 e. The second kappa shape index (κ2) is 12.6. The SMILES string of the molecule is [C-]#[N+]c1ccc(NC(=O)Nc2cccc([C@H](C)NC(=O)OC(CC)CC#N)c2)cc1OCC. The lowest BCUT2D eigenvalue weighted by molar-refractivity contribution is 0.0950. The molecule has 0 aromatic heterocycles. The van der Waals surface area contributed by atoms with Crippen LogP contribution in [0, 0.1) is 17.9 Å². The van der Waals surface area contributed by atoms with Gasteiger partial charge in [-0.3, -0.25) is 0 Å². The molecule has 0 spiro atoms. The molecule has 2 atom stereocenters. The van der Waals surface area contributed by atoms with Crippen molar-refractivity contribution in [1.29, 1.82) is 5.26 Å². The lowest BCUT2D eigenvalue weighted by Crippen LogP contribution is -2.31. The Labute approximate surface area is 193 Å². The number of carbonyl (C=O) groups excluding carboxylic acids is 2. The van der Waals surface area contributed by atoms with E-state index in [1.165, 1.54) is 0 Å². The Morgan fingerprint density at radius 3 is 2.52 bits per heavy atom. The summed E-state index contributed by atoms with van der Waals surface area (Å²) in [5.74, 6) is 0.402. The van der Waals surface area contributed by atoms with Crippen LogP contribution < -0.4 is 20.7 Å². The van der Waals surface area contributed by atoms with E-state index in [9.17, 15) is 9.59 Å². The van der Waals surface area contributed by atoms with E-state index >= 15 is 0 Å². The topological polar surface area (TPSA) is 117 Å². The second-order valence-electron chi connectivity index (χ2n) is 7.10. The minimum atomic E-state index is -0.603. The summed E-state index contributed by atoms with van der Waals surface area (Å²) in [5.41, 5.74) is 2.15. The number of nitriles is 1. The van der Waals surface area contributed by atoms with Crippen molar-refractivity contribution in [2.45, 2.75) is 45.8 Å². The Hall–Kier alpha value is -4.24. The maximum Gasteiger partial charge on any atom is 0.407 e. The van der Waals surface area contributed by atoms with Gasteiger partial charge in [-0.25, -0.2) is 14.4 Å². The maximum absolute atomic E-state index is 12.4. The van der Waals surface area contributed by atoms with Gasteiger partial charge in [-0.05, 0) is 50.1 Å². The number of alkyl carbamates (subject to hydrolysis) is 1. The zero-order valence-corrected chi connectivity index (χ0v) is 18.8. The number of nitrogens with zero attached hydrogens (tertiary/aromatic N) is 2. The fourth-order valence-electron chi connectivity index (χ4n) is 2.95. The number of hydrogen-bond donors (Lipinski definition) is 3. The second-order valence-corrected chi connectivity index (χ2v) is 7.10. The van der Waals surface area contributed by atoms with Crippen molar-refractivity contribution in [2.24, 2.45) is 0 Å². The molecule has 0 saturated carbocycles. The molecule has 9 heteroatoms. The number of anilines is 2. The molecule has 3 N–H and O–H groups in total. The summed E-state index contributed by atoms with van der Waals surface area (Å²) in [6, 6.07) is 13.0. The van der Waals surface area contributed by atoms with E-state index < -0.39 is 18.2 Å². The number of rotatable bonds is 9. The average Bonchev–Trinajstić information content (AvgIpc) is 2.79. The third kappa shape index (κ3) is 7.75. The van der Waals surface area contributed by atoms with Crippen LogP contribution in [0.15, 0.2) is 42.5 Å². The Morgan fingerprint density at radius 1 is 1.15 bits per heavy atom. The van der Waals surface area contributed by atoms with Crippen LogP contribution >= 0.6 is 0 Å². The molecular weight excluding hydrogens is 422 g/mol. The highest BCUT2D eigenvalue weighted by atomic mass is 16.6. The summed E-state index contributed by atoms with van der Waals surface area (Å²) in [7, 11) is 0. The molecule has 33 heavy (non-hydrogen) atoms. The van der Waals surface area contributed by atoms with Gasteiger partial charge in [0.05, 0.1) is 31.7 Å². The van der Waals surface area contributed by atoms with Gasteiger partial charge in [-0.1, -0.05) is 25.1 Å². The van der Waals surface area contributed by atoms with Gasteiger partial charge in [-0.15, -0.1) is 0 Å². The monoisotopic (exact) mass is 449 g/mol. The first-order chi connectivity index (χ1) is 15.9. The molecule has 0 aliphatic heterocycles. The molecule has 3 amide bonds. The molecule has 0 fully saturated rings. The van der Waals surface area contributed by atoms with Crippen LogP contribution in [-0.2, 0) is 4.74 Å². The van der Waals surface area contributed by atoms with E-state index in [2.05, 4.69) is 20.8 Å². The van der Waals surface area contributed by atoms with Gasteiger partial charge in [0.1, 0.15) is 11.9 Å². The fraction of sp³-hybridized carbons (Fsp3) is 0.333. The van der Waals surface area contributed by atoms with Crippen molar-refractivity contribution in [3.05, 3.63) is 59.4 Å². The largest absolute Gasteiger partial charge is 0.505 e. The van der Waals surface area contributed by atoms with Crippen LogP contribution in [-0.4, -0.2) is 24.8 Å². The molecule has 0 heterocycles. The van der Waals surface area contributed by atoms with Gasteiger partial charge < -0.3 is 25.4 Å². The molecule has 0 aliphatic carbocycles. The molecule has 1 unspecified atom stereocenters. The zero-order valence-electron chi connectivity index (χ0n) is 18.8. The third-order valence-electron chi connectivity index (χ3n) is 4.66. The van der Waals surface area contributed by atoms with Gasteiger partial charge in [0.2, 0.25) is 5.69 Å². The number of benzene rings is 2. The first-order valence-electron chi connectivity index (χ1n) is 10.6. The van der Waals surface area contributed by atoms with Gasteiger partial charge in [-0.2, -0.15) is 5.26 Å². The third-order valence-corrected chi connectivity index (χ3v) is 4.66. The van der Waals surface area contributed by atoms with Crippen LogP contribution in [0.1, 0.15) is 45.2 Å². The number of carbonyl (C=O) groups is 2. The molecule has 0 radical (unpaired) electrons. The number of urea groups is 1. The van der Waals surface area contributed by atoms with E-state index in [4.69, 9.17) is 21.3 Å². The predicted molar refractivity (Wildman–Crippen MR) is 125 cm³/mol. The van der Waals surface area contributed by atoms with Crippen molar-refractivity contribution < 1.29 is 19.1 Å². The fourth-order valence-corrected chi connectivity index (χ4v) is 2.95. The van der Waals surface area contributed by atoms with E-state index in [-0.39, 0.29) is 12.5 Å². The standard InChI is InChI=1S/C24H27N5O4/c1-5-20(12-13-25)33-24(31)27-16(3)17-8-7-9-18(14-17)28-23(30)29-19-10-11-21(26-4)22(15-19)32-6-2/h7-11,14-16,20H,5-6,12H2,1-3H3,(H,27,31)(H2,28,29,30)/t16-,20?/m0/s1. The molecule has 2 aromatic carbocycles. The highest BCUT2D eigenvalue weighted by Crippen LogP contribution is 2.31. The lowest BCUT2D eigenvalue weighted by Gasteiger charge is -2.18. The number of ether oxygens (including phenoxy) is 2. The highest BCUT2D eigenvalue weighted by molar-refractivity contribution is 6.00. The Kier molecular flexibility index (Phi) is 9.54. The highest BCUT2D eigenvalue weighted by Gasteiger charge is 2.16. The molecule has 2 rings (SSSR count). The molecule has 9 nitrogen and oxygen atoms in total. The lowest BCUT2D eigenvalue weighted by atomic mass is 10.1. The van der Waals surface area contributed by atoms with E-state index in [0.717, 1.165) is 5.56 Å². The maximum atomic E-state index is 12.4. The van der Waals surface area contributed by atoms with E-state index in [1.807, 2.05) is 26.0 Å². The number of nitrogens with one attached hydrogen (secondary N) is 3. The molecular formula is C24H27N5O4.